The van der Waals surface area contributed by atoms with Gasteiger partial charge in [-0.3, -0.25) is 0 Å². The lowest BCUT2D eigenvalue weighted by atomic mass is 10.2. The lowest BCUT2D eigenvalue weighted by Gasteiger charge is -2.29. The van der Waals surface area contributed by atoms with Crippen LogP contribution in [-0.2, 0) is 17.8 Å². The van der Waals surface area contributed by atoms with Crippen molar-refractivity contribution >= 4 is 23.2 Å². The quantitative estimate of drug-likeness (QED) is 0.879. The maximum Gasteiger partial charge on any atom is 0.315 e. The second kappa shape index (κ2) is 7.94. The van der Waals surface area contributed by atoms with E-state index in [1.807, 2.05) is 29.6 Å². The maximum absolute atomic E-state index is 11.9. The summed E-state index contributed by atoms with van der Waals surface area (Å²) in [5.74, 6) is 0.925. The van der Waals surface area contributed by atoms with Gasteiger partial charge in [0.1, 0.15) is 5.82 Å². The van der Waals surface area contributed by atoms with Crippen LogP contribution in [0, 0.1) is 0 Å². The van der Waals surface area contributed by atoms with Gasteiger partial charge in [0.05, 0.1) is 19.8 Å². The molecule has 3 heterocycles. The van der Waals surface area contributed by atoms with Crippen LogP contribution in [0.15, 0.2) is 35.8 Å². The molecule has 1 saturated heterocycles. The van der Waals surface area contributed by atoms with Gasteiger partial charge in [-0.05, 0) is 17.5 Å². The Morgan fingerprint density at radius 2 is 2.04 bits per heavy atom. The van der Waals surface area contributed by atoms with Gasteiger partial charge in [0.15, 0.2) is 0 Å². The largest absolute Gasteiger partial charge is 0.378 e. The summed E-state index contributed by atoms with van der Waals surface area (Å²) in [7, 11) is 0. The second-order valence-electron chi connectivity index (χ2n) is 5.20. The molecule has 122 valence electrons. The summed E-state index contributed by atoms with van der Waals surface area (Å²) in [4.78, 5) is 19.7. The number of nitrogens with zero attached hydrogens (tertiary/aromatic N) is 2. The first-order chi connectivity index (χ1) is 11.3. The van der Waals surface area contributed by atoms with Crippen molar-refractivity contribution < 1.29 is 9.53 Å². The number of aromatic nitrogens is 1. The lowest BCUT2D eigenvalue weighted by molar-refractivity contribution is 0.122. The third kappa shape index (κ3) is 4.43. The Kier molecular flexibility index (Phi) is 5.44. The monoisotopic (exact) mass is 332 g/mol. The van der Waals surface area contributed by atoms with Gasteiger partial charge in [-0.1, -0.05) is 12.1 Å². The Labute approximate surface area is 139 Å². The normalized spacial score (nSPS) is 14.5. The molecule has 2 aromatic heterocycles. The lowest BCUT2D eigenvalue weighted by Crippen LogP contribution is -2.38. The van der Waals surface area contributed by atoms with Gasteiger partial charge in [0, 0.05) is 36.3 Å². The number of amides is 2. The second-order valence-corrected chi connectivity index (χ2v) is 6.23. The van der Waals surface area contributed by atoms with Crippen LogP contribution >= 0.6 is 11.3 Å². The highest BCUT2D eigenvalue weighted by atomic mass is 32.1. The Morgan fingerprint density at radius 3 is 2.83 bits per heavy atom. The predicted octanol–water partition coefficient (Wildman–Crippen LogP) is 1.98. The maximum atomic E-state index is 11.9. The smallest absolute Gasteiger partial charge is 0.315 e. The number of rotatable bonds is 5. The van der Waals surface area contributed by atoms with Crippen molar-refractivity contribution in [3.05, 3.63) is 46.3 Å². The molecule has 0 spiro atoms. The number of pyridine rings is 1. The Balaban J connectivity index is 1.54. The first-order valence-electron chi connectivity index (χ1n) is 7.63. The van der Waals surface area contributed by atoms with E-state index in [-0.39, 0.29) is 6.03 Å². The molecule has 0 aliphatic carbocycles. The van der Waals surface area contributed by atoms with E-state index in [0.29, 0.717) is 26.3 Å². The number of thiophene rings is 1. The summed E-state index contributed by atoms with van der Waals surface area (Å²) < 4.78 is 5.38. The fraction of sp³-hybridized carbons (Fsp3) is 0.375. The fourth-order valence-corrected chi connectivity index (χ4v) is 3.09. The van der Waals surface area contributed by atoms with Crippen LogP contribution in [0.4, 0.5) is 10.6 Å². The van der Waals surface area contributed by atoms with Gasteiger partial charge in [-0.25, -0.2) is 9.78 Å². The van der Waals surface area contributed by atoms with Crippen molar-refractivity contribution in [2.45, 2.75) is 13.1 Å². The van der Waals surface area contributed by atoms with Crippen molar-refractivity contribution in [2.24, 2.45) is 0 Å². The van der Waals surface area contributed by atoms with E-state index in [1.54, 1.807) is 17.5 Å². The van der Waals surface area contributed by atoms with E-state index < -0.39 is 0 Å². The van der Waals surface area contributed by atoms with E-state index in [9.17, 15) is 4.79 Å². The van der Waals surface area contributed by atoms with Gasteiger partial charge in [0.2, 0.25) is 0 Å². The van der Waals surface area contributed by atoms with E-state index in [1.165, 1.54) is 0 Å². The fourth-order valence-electron chi connectivity index (χ4n) is 2.45. The van der Waals surface area contributed by atoms with E-state index in [4.69, 9.17) is 4.74 Å². The van der Waals surface area contributed by atoms with Crippen molar-refractivity contribution in [3.8, 4) is 0 Å². The SMILES string of the molecule is O=C(NCc1cccs1)NCc1cccnc1N1CCOCC1. The number of nitrogens with one attached hydrogen (secondary N) is 2. The van der Waals surface area contributed by atoms with Crippen LogP contribution < -0.4 is 15.5 Å². The zero-order valence-electron chi connectivity index (χ0n) is 12.8. The molecule has 1 aliphatic rings. The summed E-state index contributed by atoms with van der Waals surface area (Å²) in [5, 5.41) is 7.76. The number of morpholine rings is 1. The van der Waals surface area contributed by atoms with E-state index >= 15 is 0 Å². The summed E-state index contributed by atoms with van der Waals surface area (Å²) in [6, 6.07) is 7.70. The molecular formula is C16H20N4O2S. The first-order valence-corrected chi connectivity index (χ1v) is 8.51. The molecular weight excluding hydrogens is 312 g/mol. The Bertz CT molecular complexity index is 627. The summed E-state index contributed by atoms with van der Waals surface area (Å²) in [6.45, 7) is 4.09. The van der Waals surface area contributed by atoms with Crippen LogP contribution in [0.5, 0.6) is 0 Å². The van der Waals surface area contributed by atoms with Gasteiger partial charge >= 0.3 is 6.03 Å². The molecule has 0 atom stereocenters. The molecule has 7 heteroatoms. The molecule has 23 heavy (non-hydrogen) atoms. The van der Waals surface area contributed by atoms with E-state index in [0.717, 1.165) is 29.3 Å². The number of carbonyl (C=O) groups excluding carboxylic acids is 1. The molecule has 2 amide bonds. The molecule has 0 aromatic carbocycles. The van der Waals surface area contributed by atoms with Crippen molar-refractivity contribution in [3.63, 3.8) is 0 Å². The molecule has 6 nitrogen and oxygen atoms in total. The van der Waals surface area contributed by atoms with Gasteiger partial charge in [-0.15, -0.1) is 11.3 Å². The molecule has 1 fully saturated rings. The van der Waals surface area contributed by atoms with Crippen LogP contribution in [0.2, 0.25) is 0 Å². The Morgan fingerprint density at radius 1 is 1.22 bits per heavy atom. The molecule has 0 bridgehead atoms. The number of hydrogen-bond acceptors (Lipinski definition) is 5. The third-order valence-corrected chi connectivity index (χ3v) is 4.50. The minimum Gasteiger partial charge on any atom is -0.378 e. The Hall–Kier alpha value is -2.12. The third-order valence-electron chi connectivity index (χ3n) is 3.62. The van der Waals surface area contributed by atoms with Crippen LogP contribution in [0.1, 0.15) is 10.4 Å². The van der Waals surface area contributed by atoms with Crippen molar-refractivity contribution in [2.75, 3.05) is 31.2 Å². The average molecular weight is 332 g/mol. The number of carbonyl (C=O) groups is 1. The molecule has 2 aromatic rings. The van der Waals surface area contributed by atoms with Gasteiger partial charge in [0.25, 0.3) is 0 Å². The first kappa shape index (κ1) is 15.8. The average Bonchev–Trinajstić information content (AvgIpc) is 3.13. The standard InChI is InChI=1S/C16H20N4O2S/c21-16(19-12-14-4-2-10-23-14)18-11-13-3-1-5-17-15(13)20-6-8-22-9-7-20/h1-5,10H,6-9,11-12H2,(H2,18,19,21). The van der Waals surface area contributed by atoms with Crippen LogP contribution in [0.3, 0.4) is 0 Å². The highest BCUT2D eigenvalue weighted by Gasteiger charge is 2.16. The van der Waals surface area contributed by atoms with Crippen LogP contribution in [-0.4, -0.2) is 37.3 Å². The highest BCUT2D eigenvalue weighted by Crippen LogP contribution is 2.18. The van der Waals surface area contributed by atoms with E-state index in [2.05, 4.69) is 20.5 Å². The zero-order valence-corrected chi connectivity index (χ0v) is 13.6. The molecule has 0 radical (unpaired) electrons. The molecule has 3 rings (SSSR count). The summed E-state index contributed by atoms with van der Waals surface area (Å²) in [5.41, 5.74) is 1.01. The van der Waals surface area contributed by atoms with Gasteiger partial charge in [-0.2, -0.15) is 0 Å². The number of ether oxygens (including phenoxy) is 1. The molecule has 0 saturated carbocycles. The predicted molar refractivity (Wildman–Crippen MR) is 90.7 cm³/mol. The number of hydrogen-bond donors (Lipinski definition) is 2. The molecule has 0 unspecified atom stereocenters. The molecule has 1 aliphatic heterocycles. The number of urea groups is 1. The minimum absolute atomic E-state index is 0.171. The van der Waals surface area contributed by atoms with Crippen molar-refractivity contribution in [1.29, 1.82) is 0 Å². The number of anilines is 1. The molecule has 2 N–H and O–H groups in total. The van der Waals surface area contributed by atoms with Crippen LogP contribution in [0.25, 0.3) is 0 Å². The summed E-state index contributed by atoms with van der Waals surface area (Å²) >= 11 is 1.63. The topological polar surface area (TPSA) is 66.5 Å². The summed E-state index contributed by atoms with van der Waals surface area (Å²) in [6.07, 6.45) is 1.78. The highest BCUT2D eigenvalue weighted by molar-refractivity contribution is 7.09. The van der Waals surface area contributed by atoms with Crippen molar-refractivity contribution in [1.82, 2.24) is 15.6 Å². The minimum atomic E-state index is -0.171. The van der Waals surface area contributed by atoms with Gasteiger partial charge < -0.3 is 20.3 Å². The zero-order chi connectivity index (χ0) is 15.9.